The predicted molar refractivity (Wildman–Crippen MR) is 56.7 cm³/mol. The van der Waals surface area contributed by atoms with Crippen molar-refractivity contribution >= 4 is 11.8 Å². The number of nitrogens with two attached hydrogens (primary N) is 1. The smallest absolute Gasteiger partial charge is 0.0940 e. The molecule has 72 valence electrons. The van der Waals surface area contributed by atoms with Crippen LogP contribution in [0.25, 0.3) is 0 Å². The monoisotopic (exact) mass is 197 g/mol. The van der Waals surface area contributed by atoms with E-state index in [0.717, 1.165) is 5.56 Å². The summed E-state index contributed by atoms with van der Waals surface area (Å²) >= 11 is 1.72. The molecule has 0 aliphatic heterocycles. The third kappa shape index (κ3) is 2.46. The Morgan fingerprint density at radius 2 is 1.92 bits per heavy atom. The second kappa shape index (κ2) is 4.65. The Bertz CT molecular complexity index is 299. The number of aryl methyl sites for hydroxylation is 2. The molecule has 1 rings (SSSR count). The van der Waals surface area contributed by atoms with Crippen molar-refractivity contribution < 1.29 is 4.84 Å². The molecule has 0 aliphatic carbocycles. The topological polar surface area (TPSA) is 35.2 Å². The predicted octanol–water partition coefficient (Wildman–Crippen LogP) is 2.42. The van der Waals surface area contributed by atoms with Gasteiger partial charge in [-0.1, -0.05) is 6.07 Å². The molecule has 0 fully saturated rings. The van der Waals surface area contributed by atoms with Gasteiger partial charge in [-0.15, -0.1) is 11.8 Å². The van der Waals surface area contributed by atoms with Crippen LogP contribution < -0.4 is 5.90 Å². The summed E-state index contributed by atoms with van der Waals surface area (Å²) in [6.07, 6.45) is 2.06. The maximum Gasteiger partial charge on any atom is 0.0940 e. The third-order valence-corrected chi connectivity index (χ3v) is 2.96. The Morgan fingerprint density at radius 3 is 2.46 bits per heavy atom. The van der Waals surface area contributed by atoms with E-state index in [0.29, 0.717) is 6.61 Å². The van der Waals surface area contributed by atoms with Gasteiger partial charge in [-0.2, -0.15) is 0 Å². The van der Waals surface area contributed by atoms with Crippen LogP contribution in [0.3, 0.4) is 0 Å². The summed E-state index contributed by atoms with van der Waals surface area (Å²) in [6.45, 7) is 4.69. The molecule has 0 heterocycles. The van der Waals surface area contributed by atoms with E-state index in [4.69, 9.17) is 5.90 Å². The van der Waals surface area contributed by atoms with Gasteiger partial charge in [0.2, 0.25) is 0 Å². The molecule has 0 aromatic heterocycles. The third-order valence-electron chi connectivity index (χ3n) is 2.14. The summed E-state index contributed by atoms with van der Waals surface area (Å²) in [5, 5.41) is 0. The number of benzene rings is 1. The van der Waals surface area contributed by atoms with Crippen molar-refractivity contribution in [1.82, 2.24) is 0 Å². The molecule has 3 heteroatoms. The molecule has 0 saturated carbocycles. The maximum absolute atomic E-state index is 5.06. The zero-order valence-electron chi connectivity index (χ0n) is 8.26. The Hall–Kier alpha value is -0.510. The van der Waals surface area contributed by atoms with E-state index >= 15 is 0 Å². The first-order valence-electron chi connectivity index (χ1n) is 4.15. The van der Waals surface area contributed by atoms with Crippen LogP contribution >= 0.6 is 11.8 Å². The van der Waals surface area contributed by atoms with Gasteiger partial charge < -0.3 is 0 Å². The van der Waals surface area contributed by atoms with Crippen molar-refractivity contribution in [3.05, 3.63) is 28.8 Å². The molecule has 0 amide bonds. The van der Waals surface area contributed by atoms with Gasteiger partial charge in [-0.05, 0) is 42.9 Å². The normalized spacial score (nSPS) is 10.5. The van der Waals surface area contributed by atoms with Crippen LogP contribution in [0.1, 0.15) is 16.7 Å². The molecule has 0 atom stereocenters. The van der Waals surface area contributed by atoms with Crippen LogP contribution in [0.4, 0.5) is 0 Å². The number of hydrogen-bond donors (Lipinski definition) is 1. The van der Waals surface area contributed by atoms with E-state index < -0.39 is 0 Å². The number of hydrogen-bond acceptors (Lipinski definition) is 3. The second-order valence-corrected chi connectivity index (χ2v) is 3.91. The van der Waals surface area contributed by atoms with Crippen molar-refractivity contribution in [2.75, 3.05) is 6.26 Å². The van der Waals surface area contributed by atoms with Crippen LogP contribution in [0.15, 0.2) is 17.0 Å². The lowest BCUT2D eigenvalue weighted by Crippen LogP contribution is -2.01. The van der Waals surface area contributed by atoms with E-state index in [1.165, 1.54) is 16.0 Å². The minimum atomic E-state index is 0.483. The summed E-state index contributed by atoms with van der Waals surface area (Å²) in [7, 11) is 0. The number of thioether (sulfide) groups is 1. The molecule has 13 heavy (non-hydrogen) atoms. The Labute approximate surface area is 83.4 Å². The van der Waals surface area contributed by atoms with E-state index in [9.17, 15) is 0 Å². The molecular formula is C10H15NOS. The summed E-state index contributed by atoms with van der Waals surface area (Å²) in [5.41, 5.74) is 3.76. The Kier molecular flexibility index (Phi) is 3.78. The lowest BCUT2D eigenvalue weighted by Gasteiger charge is -2.09. The molecule has 1 aromatic rings. The first-order chi connectivity index (χ1) is 6.19. The zero-order chi connectivity index (χ0) is 9.84. The highest BCUT2D eigenvalue weighted by Gasteiger charge is 2.03. The summed E-state index contributed by atoms with van der Waals surface area (Å²) < 4.78 is 0. The van der Waals surface area contributed by atoms with Crippen LogP contribution in [0, 0.1) is 13.8 Å². The van der Waals surface area contributed by atoms with Gasteiger partial charge in [0.1, 0.15) is 0 Å². The highest BCUT2D eigenvalue weighted by molar-refractivity contribution is 7.98. The fourth-order valence-corrected chi connectivity index (χ4v) is 1.92. The molecule has 0 unspecified atom stereocenters. The Balaban J connectivity index is 3.09. The van der Waals surface area contributed by atoms with Gasteiger partial charge in [0, 0.05) is 4.90 Å². The van der Waals surface area contributed by atoms with Gasteiger partial charge in [0.05, 0.1) is 6.61 Å². The van der Waals surface area contributed by atoms with E-state index in [-0.39, 0.29) is 0 Å². The molecule has 0 saturated heterocycles. The lowest BCUT2D eigenvalue weighted by atomic mass is 10.1. The minimum Gasteiger partial charge on any atom is -0.300 e. The van der Waals surface area contributed by atoms with Crippen molar-refractivity contribution in [2.24, 2.45) is 5.90 Å². The lowest BCUT2D eigenvalue weighted by molar-refractivity contribution is 0.122. The highest BCUT2D eigenvalue weighted by atomic mass is 32.2. The van der Waals surface area contributed by atoms with Gasteiger partial charge in [0.25, 0.3) is 0 Å². The number of rotatable bonds is 3. The average molecular weight is 197 g/mol. The molecule has 2 N–H and O–H groups in total. The van der Waals surface area contributed by atoms with Crippen molar-refractivity contribution in [1.29, 1.82) is 0 Å². The fraction of sp³-hybridized carbons (Fsp3) is 0.400. The van der Waals surface area contributed by atoms with Gasteiger partial charge >= 0.3 is 0 Å². The Morgan fingerprint density at radius 1 is 1.31 bits per heavy atom. The molecule has 0 aliphatic rings. The average Bonchev–Trinajstić information content (AvgIpc) is 2.11. The maximum atomic E-state index is 5.06. The first-order valence-corrected chi connectivity index (χ1v) is 5.37. The van der Waals surface area contributed by atoms with Gasteiger partial charge in [-0.25, -0.2) is 5.90 Å². The van der Waals surface area contributed by atoms with Crippen molar-refractivity contribution in [2.45, 2.75) is 25.3 Å². The summed E-state index contributed by atoms with van der Waals surface area (Å²) in [5.74, 6) is 5.06. The van der Waals surface area contributed by atoms with Gasteiger partial charge in [-0.3, -0.25) is 4.84 Å². The first kappa shape index (κ1) is 10.6. The van der Waals surface area contributed by atoms with Crippen LogP contribution in [-0.4, -0.2) is 6.26 Å². The van der Waals surface area contributed by atoms with Crippen LogP contribution in [0.2, 0.25) is 0 Å². The van der Waals surface area contributed by atoms with Gasteiger partial charge in [0.15, 0.2) is 0 Å². The molecule has 1 aromatic carbocycles. The van der Waals surface area contributed by atoms with E-state index in [1.807, 2.05) is 0 Å². The van der Waals surface area contributed by atoms with Crippen molar-refractivity contribution in [3.63, 3.8) is 0 Å². The summed E-state index contributed by atoms with van der Waals surface area (Å²) in [6, 6.07) is 4.31. The SMILES string of the molecule is CSc1cc(C)c(C)cc1CON. The fourth-order valence-electron chi connectivity index (χ4n) is 1.24. The zero-order valence-corrected chi connectivity index (χ0v) is 9.07. The standard InChI is InChI=1S/C10H15NOS/c1-7-4-9(6-12-11)10(13-3)5-8(7)2/h4-5H,6,11H2,1-3H3. The molecular weight excluding hydrogens is 182 g/mol. The quantitative estimate of drug-likeness (QED) is 0.597. The van der Waals surface area contributed by atoms with E-state index in [1.54, 1.807) is 11.8 Å². The van der Waals surface area contributed by atoms with Crippen LogP contribution in [0.5, 0.6) is 0 Å². The molecule has 0 radical (unpaired) electrons. The van der Waals surface area contributed by atoms with E-state index in [2.05, 4.69) is 37.1 Å². The minimum absolute atomic E-state index is 0.483. The molecule has 0 spiro atoms. The van der Waals surface area contributed by atoms with Crippen LogP contribution in [-0.2, 0) is 11.4 Å². The molecule has 0 bridgehead atoms. The summed E-state index contributed by atoms with van der Waals surface area (Å²) in [4.78, 5) is 5.90. The molecule has 2 nitrogen and oxygen atoms in total. The van der Waals surface area contributed by atoms with Crippen molar-refractivity contribution in [3.8, 4) is 0 Å². The second-order valence-electron chi connectivity index (χ2n) is 3.06. The largest absolute Gasteiger partial charge is 0.300 e. The highest BCUT2D eigenvalue weighted by Crippen LogP contribution is 2.24.